The maximum atomic E-state index is 11.7. The summed E-state index contributed by atoms with van der Waals surface area (Å²) in [5.74, 6) is -0.151. The zero-order valence-electron chi connectivity index (χ0n) is 12.7. The van der Waals surface area contributed by atoms with E-state index in [1.807, 2.05) is 41.5 Å². The van der Waals surface area contributed by atoms with E-state index in [0.29, 0.717) is 0 Å². The molecule has 2 amide bonds. The Morgan fingerprint density at radius 3 is 1.33 bits per heavy atom. The van der Waals surface area contributed by atoms with Crippen LogP contribution < -0.4 is 10.6 Å². The van der Waals surface area contributed by atoms with Crippen molar-refractivity contribution in [2.75, 3.05) is 20.1 Å². The number of nitrogens with one attached hydrogen (secondary N) is 2. The molecule has 0 saturated carbocycles. The molecule has 0 aliphatic rings. The summed E-state index contributed by atoms with van der Waals surface area (Å²) < 4.78 is 0. The van der Waals surface area contributed by atoms with Gasteiger partial charge < -0.3 is 10.6 Å². The first-order valence-electron chi connectivity index (χ1n) is 6.20. The van der Waals surface area contributed by atoms with Crippen molar-refractivity contribution in [1.29, 1.82) is 0 Å². The monoisotopic (exact) mass is 257 g/mol. The van der Waals surface area contributed by atoms with E-state index in [1.165, 1.54) is 0 Å². The standard InChI is InChI=1S/C13H27N3O2/c1-12(2,3)14-10(17)8-16(7)9-11(18)15-13(4,5)6/h8-9H2,1-7H3,(H,14,17)(H,15,18). The predicted octanol–water partition coefficient (Wildman–Crippen LogP) is 0.748. The quantitative estimate of drug-likeness (QED) is 0.781. The first-order chi connectivity index (χ1) is 7.89. The molecule has 0 unspecified atom stereocenters. The number of carbonyl (C=O) groups is 2. The number of hydrogen-bond donors (Lipinski definition) is 2. The molecule has 0 fully saturated rings. The number of rotatable bonds is 4. The number of likely N-dealkylation sites (N-methyl/N-ethyl adjacent to an activating group) is 1. The van der Waals surface area contributed by atoms with Crippen LogP contribution in [0.4, 0.5) is 0 Å². The Kier molecular flexibility index (Phi) is 5.80. The smallest absolute Gasteiger partial charge is 0.234 e. The van der Waals surface area contributed by atoms with Crippen LogP contribution in [-0.4, -0.2) is 47.9 Å². The van der Waals surface area contributed by atoms with Gasteiger partial charge in [-0.2, -0.15) is 0 Å². The van der Waals surface area contributed by atoms with E-state index in [2.05, 4.69) is 10.6 Å². The molecular weight excluding hydrogens is 230 g/mol. The summed E-state index contributed by atoms with van der Waals surface area (Å²) in [6.07, 6.45) is 0. The number of carbonyl (C=O) groups excluding carboxylic acids is 2. The summed E-state index contributed by atoms with van der Waals surface area (Å²) in [6, 6.07) is 0. The van der Waals surface area contributed by atoms with E-state index in [0.717, 1.165) is 0 Å². The van der Waals surface area contributed by atoms with Crippen molar-refractivity contribution in [3.8, 4) is 0 Å². The van der Waals surface area contributed by atoms with Crippen LogP contribution in [0.5, 0.6) is 0 Å². The highest BCUT2D eigenvalue weighted by Crippen LogP contribution is 1.99. The highest BCUT2D eigenvalue weighted by molar-refractivity contribution is 5.81. The van der Waals surface area contributed by atoms with Gasteiger partial charge in [-0.3, -0.25) is 14.5 Å². The lowest BCUT2D eigenvalue weighted by Crippen LogP contribution is -2.49. The molecule has 106 valence electrons. The summed E-state index contributed by atoms with van der Waals surface area (Å²) in [5.41, 5.74) is -0.489. The van der Waals surface area contributed by atoms with Crippen molar-refractivity contribution < 1.29 is 9.59 Å². The molecule has 0 rings (SSSR count). The molecule has 5 heteroatoms. The molecule has 0 radical (unpaired) electrons. The molecule has 0 heterocycles. The summed E-state index contributed by atoms with van der Waals surface area (Å²) in [7, 11) is 1.75. The second-order valence-electron chi connectivity index (χ2n) is 6.77. The summed E-state index contributed by atoms with van der Waals surface area (Å²) >= 11 is 0. The van der Waals surface area contributed by atoms with E-state index in [-0.39, 0.29) is 36.0 Å². The normalized spacial score (nSPS) is 12.4. The molecule has 0 saturated heterocycles. The third kappa shape index (κ3) is 10.1. The largest absolute Gasteiger partial charge is 0.350 e. The van der Waals surface area contributed by atoms with Gasteiger partial charge in [-0.05, 0) is 48.6 Å². The Labute approximate surface area is 110 Å². The summed E-state index contributed by atoms with van der Waals surface area (Å²) in [5, 5.41) is 5.72. The average Bonchev–Trinajstić information content (AvgIpc) is 1.92. The molecule has 0 spiro atoms. The SMILES string of the molecule is CN(CC(=O)NC(C)(C)C)CC(=O)NC(C)(C)C. The lowest BCUT2D eigenvalue weighted by Gasteiger charge is -2.25. The van der Waals surface area contributed by atoms with Crippen LogP contribution in [0.15, 0.2) is 0 Å². The van der Waals surface area contributed by atoms with Crippen molar-refractivity contribution in [2.24, 2.45) is 0 Å². The van der Waals surface area contributed by atoms with Crippen molar-refractivity contribution in [3.05, 3.63) is 0 Å². The zero-order chi connectivity index (χ0) is 14.6. The Bertz CT molecular complexity index is 270. The van der Waals surface area contributed by atoms with Gasteiger partial charge in [0, 0.05) is 11.1 Å². The average molecular weight is 257 g/mol. The third-order valence-corrected chi connectivity index (χ3v) is 1.86. The lowest BCUT2D eigenvalue weighted by molar-refractivity contribution is -0.125. The molecular formula is C13H27N3O2. The van der Waals surface area contributed by atoms with Gasteiger partial charge in [0.05, 0.1) is 13.1 Å². The first kappa shape index (κ1) is 16.9. The Balaban J connectivity index is 4.08. The Morgan fingerprint density at radius 1 is 0.833 bits per heavy atom. The number of amides is 2. The molecule has 5 nitrogen and oxygen atoms in total. The van der Waals surface area contributed by atoms with Gasteiger partial charge in [0.2, 0.25) is 11.8 Å². The van der Waals surface area contributed by atoms with Gasteiger partial charge in [-0.1, -0.05) is 0 Å². The summed E-state index contributed by atoms with van der Waals surface area (Å²) in [4.78, 5) is 25.0. The van der Waals surface area contributed by atoms with Crippen LogP contribution in [0.2, 0.25) is 0 Å². The van der Waals surface area contributed by atoms with Crippen LogP contribution >= 0.6 is 0 Å². The number of nitrogens with zero attached hydrogens (tertiary/aromatic N) is 1. The molecule has 0 aliphatic carbocycles. The second-order valence-corrected chi connectivity index (χ2v) is 6.77. The van der Waals surface area contributed by atoms with Gasteiger partial charge in [0.15, 0.2) is 0 Å². The van der Waals surface area contributed by atoms with Crippen LogP contribution in [0.3, 0.4) is 0 Å². The highest BCUT2D eigenvalue weighted by Gasteiger charge is 2.18. The fourth-order valence-corrected chi connectivity index (χ4v) is 1.46. The topological polar surface area (TPSA) is 61.4 Å². The molecule has 0 aromatic rings. The zero-order valence-corrected chi connectivity index (χ0v) is 12.7. The van der Waals surface area contributed by atoms with E-state index in [4.69, 9.17) is 0 Å². The van der Waals surface area contributed by atoms with Crippen LogP contribution in [-0.2, 0) is 9.59 Å². The molecule has 0 aromatic heterocycles. The fraction of sp³-hybridized carbons (Fsp3) is 0.846. The Morgan fingerprint density at radius 2 is 1.11 bits per heavy atom. The molecule has 0 aliphatic heterocycles. The maximum Gasteiger partial charge on any atom is 0.234 e. The molecule has 0 bridgehead atoms. The van der Waals surface area contributed by atoms with E-state index < -0.39 is 0 Å². The highest BCUT2D eigenvalue weighted by atomic mass is 16.2. The van der Waals surface area contributed by atoms with Gasteiger partial charge in [-0.25, -0.2) is 0 Å². The van der Waals surface area contributed by atoms with Crippen LogP contribution in [0.25, 0.3) is 0 Å². The lowest BCUT2D eigenvalue weighted by atomic mass is 10.1. The first-order valence-corrected chi connectivity index (χ1v) is 6.20. The van der Waals surface area contributed by atoms with Gasteiger partial charge >= 0.3 is 0 Å². The van der Waals surface area contributed by atoms with E-state index in [1.54, 1.807) is 11.9 Å². The second kappa shape index (κ2) is 6.18. The van der Waals surface area contributed by atoms with Crippen LogP contribution in [0.1, 0.15) is 41.5 Å². The van der Waals surface area contributed by atoms with Gasteiger partial charge in [-0.15, -0.1) is 0 Å². The molecule has 0 atom stereocenters. The minimum Gasteiger partial charge on any atom is -0.350 e. The summed E-state index contributed by atoms with van der Waals surface area (Å²) in [6.45, 7) is 12.0. The molecule has 0 aromatic carbocycles. The van der Waals surface area contributed by atoms with E-state index >= 15 is 0 Å². The van der Waals surface area contributed by atoms with Crippen molar-refractivity contribution in [2.45, 2.75) is 52.6 Å². The molecule has 2 N–H and O–H groups in total. The molecule has 18 heavy (non-hydrogen) atoms. The third-order valence-electron chi connectivity index (χ3n) is 1.86. The predicted molar refractivity (Wildman–Crippen MR) is 73.3 cm³/mol. The minimum atomic E-state index is -0.244. The van der Waals surface area contributed by atoms with E-state index in [9.17, 15) is 9.59 Å². The van der Waals surface area contributed by atoms with Crippen LogP contribution in [0, 0.1) is 0 Å². The minimum absolute atomic E-state index is 0.0754. The van der Waals surface area contributed by atoms with Crippen molar-refractivity contribution in [3.63, 3.8) is 0 Å². The maximum absolute atomic E-state index is 11.7. The number of hydrogen-bond acceptors (Lipinski definition) is 3. The fourth-order valence-electron chi connectivity index (χ4n) is 1.46. The Hall–Kier alpha value is -1.10. The van der Waals surface area contributed by atoms with Crippen molar-refractivity contribution >= 4 is 11.8 Å². The van der Waals surface area contributed by atoms with Crippen molar-refractivity contribution in [1.82, 2.24) is 15.5 Å². The van der Waals surface area contributed by atoms with Gasteiger partial charge in [0.25, 0.3) is 0 Å². The van der Waals surface area contributed by atoms with Gasteiger partial charge in [0.1, 0.15) is 0 Å².